The predicted octanol–water partition coefficient (Wildman–Crippen LogP) is 9.85. The molecule has 43 heavy (non-hydrogen) atoms. The average Bonchev–Trinajstić information content (AvgIpc) is 3.79. The largest absolute Gasteiger partial charge is 2.00 e. The van der Waals surface area contributed by atoms with Gasteiger partial charge in [0, 0.05) is 22.3 Å². The fraction of sp³-hybridized carbons (Fsp3) is 0. The Bertz CT molecular complexity index is 2290. The third kappa shape index (κ3) is 3.86. The second-order valence-electron chi connectivity index (χ2n) is 10.5. The second kappa shape index (κ2) is 9.89. The number of halogens is 2. The summed E-state index contributed by atoms with van der Waals surface area (Å²) < 4.78 is 0. The maximum absolute atomic E-state index is 7.24. The van der Waals surface area contributed by atoms with Gasteiger partial charge in [-0.25, -0.2) is 9.97 Å². The van der Waals surface area contributed by atoms with Crippen molar-refractivity contribution in [2.45, 2.75) is 0 Å². The van der Waals surface area contributed by atoms with Crippen molar-refractivity contribution >= 4 is 66.8 Å². The third-order valence-corrected chi connectivity index (χ3v) is 8.86. The second-order valence-corrected chi connectivity index (χ2v) is 11.2. The summed E-state index contributed by atoms with van der Waals surface area (Å²) in [7, 11) is 0. The van der Waals surface area contributed by atoms with Crippen LogP contribution in [-0.4, -0.2) is 9.97 Å². The van der Waals surface area contributed by atoms with Crippen LogP contribution in [0.15, 0.2) is 109 Å². The molecule has 0 spiro atoms. The number of benzene rings is 4. The molecule has 0 unspecified atom stereocenters. The topological polar surface area (TPSA) is 54.0 Å². The summed E-state index contributed by atoms with van der Waals surface area (Å²) in [4.78, 5) is 20.4. The molecule has 4 nitrogen and oxygen atoms in total. The van der Waals surface area contributed by atoms with Gasteiger partial charge in [0.2, 0.25) is 0 Å². The molecule has 4 aromatic carbocycles. The number of rotatable bonds is 0. The van der Waals surface area contributed by atoms with Crippen LogP contribution < -0.4 is 9.97 Å². The zero-order valence-electron chi connectivity index (χ0n) is 22.6. The fourth-order valence-electron chi connectivity index (χ4n) is 6.21. The van der Waals surface area contributed by atoms with Gasteiger partial charge in [-0.3, -0.25) is 0 Å². The standard InChI is InChI=1S/C36H18Cl2N4.Zn/c37-31-33-23-13-5-3-11-21(23)29(40-33)17-27-19-9-1-2-10-20(19)28(39-27)18-30-22-12-4-6-14-24(22)34(41-30)32(38)36-26-16-8-7-15-25(26)35(31)42-36;/h1-18H;/q-2;+2. The summed E-state index contributed by atoms with van der Waals surface area (Å²) in [6, 6.07) is 36.7. The van der Waals surface area contributed by atoms with E-state index in [9.17, 15) is 0 Å². The SMILES string of the molecule is Clc1c2nc(c(Cl)c3[n-]c(cc4nc(cc5[n-]c1c1ccccc51)-c1ccccc1-4)c1ccccc31)-c1ccccc1-2.[Zn+2]. The summed E-state index contributed by atoms with van der Waals surface area (Å²) in [5.41, 5.74) is 9.85. The molecule has 198 valence electrons. The van der Waals surface area contributed by atoms with E-state index in [1.54, 1.807) is 0 Å². The summed E-state index contributed by atoms with van der Waals surface area (Å²) in [6.07, 6.45) is 0. The van der Waals surface area contributed by atoms with Gasteiger partial charge >= 0.3 is 19.5 Å². The minimum absolute atomic E-state index is 0. The molecule has 3 aromatic heterocycles. The van der Waals surface area contributed by atoms with E-state index in [1.165, 1.54) is 0 Å². The molecule has 0 atom stereocenters. The fourth-order valence-corrected chi connectivity index (χ4v) is 6.79. The van der Waals surface area contributed by atoms with Gasteiger partial charge in [-0.05, 0) is 33.7 Å². The normalized spacial score (nSPS) is 11.8. The molecule has 0 N–H and O–H groups in total. The molecule has 0 aliphatic carbocycles. The first-order chi connectivity index (χ1) is 20.7. The average molecular weight is 643 g/mol. The zero-order valence-corrected chi connectivity index (χ0v) is 27.1. The van der Waals surface area contributed by atoms with Crippen LogP contribution >= 0.6 is 23.2 Å². The minimum Gasteiger partial charge on any atom is -0.656 e. The molecule has 9 rings (SSSR count). The molecule has 2 aliphatic heterocycles. The van der Waals surface area contributed by atoms with Crippen LogP contribution in [0.3, 0.4) is 0 Å². The van der Waals surface area contributed by atoms with Gasteiger partial charge < -0.3 is 9.97 Å². The summed E-state index contributed by atoms with van der Waals surface area (Å²) >= 11 is 14.5. The van der Waals surface area contributed by atoms with Crippen LogP contribution in [0.4, 0.5) is 0 Å². The monoisotopic (exact) mass is 640 g/mol. The number of hydrogen-bond donors (Lipinski definition) is 0. The number of aromatic nitrogens is 4. The van der Waals surface area contributed by atoms with Crippen molar-refractivity contribution in [2.24, 2.45) is 0 Å². The van der Waals surface area contributed by atoms with Crippen LogP contribution in [-0.2, 0) is 19.5 Å². The first-order valence-corrected chi connectivity index (χ1v) is 14.4. The van der Waals surface area contributed by atoms with E-state index in [-0.39, 0.29) is 19.5 Å². The first kappa shape index (κ1) is 26.4. The van der Waals surface area contributed by atoms with Crippen molar-refractivity contribution < 1.29 is 19.5 Å². The van der Waals surface area contributed by atoms with Crippen molar-refractivity contribution in [3.05, 3.63) is 119 Å². The van der Waals surface area contributed by atoms with E-state index in [0.717, 1.165) is 66.2 Å². The van der Waals surface area contributed by atoms with E-state index in [1.807, 2.05) is 72.8 Å². The van der Waals surface area contributed by atoms with Gasteiger partial charge in [-0.15, -0.1) is 22.1 Å². The van der Waals surface area contributed by atoms with Gasteiger partial charge in [0.1, 0.15) is 0 Å². The number of fused-ring (bicyclic) bond motifs is 20. The molecule has 5 heterocycles. The van der Waals surface area contributed by atoms with Gasteiger partial charge in [-0.2, -0.15) is 0 Å². The molecule has 2 aliphatic rings. The van der Waals surface area contributed by atoms with Crippen LogP contribution in [0.5, 0.6) is 0 Å². The van der Waals surface area contributed by atoms with Crippen molar-refractivity contribution in [3.8, 4) is 45.0 Å². The smallest absolute Gasteiger partial charge is 0.656 e. The predicted molar refractivity (Wildman–Crippen MR) is 173 cm³/mol. The van der Waals surface area contributed by atoms with Crippen molar-refractivity contribution in [1.29, 1.82) is 0 Å². The molecular formula is C36H18Cl2N4Zn. The summed E-state index contributed by atoms with van der Waals surface area (Å²) in [6.45, 7) is 0. The van der Waals surface area contributed by atoms with E-state index < -0.39 is 0 Å². The maximum atomic E-state index is 7.24. The number of nitrogens with zero attached hydrogens (tertiary/aromatic N) is 4. The maximum Gasteiger partial charge on any atom is 2.00 e. The molecule has 7 heteroatoms. The Morgan fingerprint density at radius 2 is 0.814 bits per heavy atom. The van der Waals surface area contributed by atoms with E-state index >= 15 is 0 Å². The van der Waals surface area contributed by atoms with Gasteiger partial charge in [0.05, 0.1) is 32.8 Å². The van der Waals surface area contributed by atoms with Crippen LogP contribution in [0.2, 0.25) is 10.0 Å². The molecule has 0 fully saturated rings. The Hall–Kier alpha value is -4.28. The quantitative estimate of drug-likeness (QED) is 0.155. The third-order valence-electron chi connectivity index (χ3n) is 8.14. The minimum atomic E-state index is 0. The molecule has 0 saturated carbocycles. The van der Waals surface area contributed by atoms with E-state index in [4.69, 9.17) is 43.1 Å². The van der Waals surface area contributed by atoms with Crippen molar-refractivity contribution in [1.82, 2.24) is 19.9 Å². The van der Waals surface area contributed by atoms with E-state index in [0.29, 0.717) is 32.5 Å². The van der Waals surface area contributed by atoms with Crippen molar-refractivity contribution in [2.75, 3.05) is 0 Å². The van der Waals surface area contributed by atoms with Crippen LogP contribution in [0, 0.1) is 0 Å². The molecule has 0 amide bonds. The van der Waals surface area contributed by atoms with Crippen molar-refractivity contribution in [3.63, 3.8) is 0 Å². The van der Waals surface area contributed by atoms with Gasteiger partial charge in [0.15, 0.2) is 0 Å². The Morgan fingerprint density at radius 1 is 0.442 bits per heavy atom. The van der Waals surface area contributed by atoms with Gasteiger partial charge in [-0.1, -0.05) is 120 Å². The Morgan fingerprint density at radius 3 is 1.26 bits per heavy atom. The molecular weight excluding hydrogens is 625 g/mol. The Labute approximate surface area is 269 Å². The summed E-state index contributed by atoms with van der Waals surface area (Å²) in [5.74, 6) is 0. The first-order valence-electron chi connectivity index (χ1n) is 13.6. The Kier molecular flexibility index (Phi) is 6.06. The number of hydrogen-bond acceptors (Lipinski definition) is 2. The van der Waals surface area contributed by atoms with Gasteiger partial charge in [0.25, 0.3) is 0 Å². The Balaban J connectivity index is 0.00000278. The van der Waals surface area contributed by atoms with Crippen LogP contribution in [0.1, 0.15) is 0 Å². The molecule has 0 saturated heterocycles. The summed E-state index contributed by atoms with van der Waals surface area (Å²) in [5, 5.41) is 4.86. The molecule has 7 aromatic rings. The zero-order chi connectivity index (χ0) is 27.9. The molecule has 0 radical (unpaired) electrons. The van der Waals surface area contributed by atoms with Crippen LogP contribution in [0.25, 0.3) is 88.6 Å². The van der Waals surface area contributed by atoms with E-state index in [2.05, 4.69) is 36.4 Å². The molecule has 8 bridgehead atoms.